The Bertz CT molecular complexity index is 287. The first-order valence-electron chi connectivity index (χ1n) is 9.34. The van der Waals surface area contributed by atoms with Crippen molar-refractivity contribution in [3.05, 3.63) is 0 Å². The van der Waals surface area contributed by atoms with E-state index in [2.05, 4.69) is 38.3 Å². The standard InChI is InChI=1S/2C9H19NO2.Sn.2H/c2*1-3-5-6-8(4-2)7-10-9(11)12;;;/h2*8,10H,3-7H2,1-2H3,(H,11,12);;;. The molecule has 0 aliphatic carbocycles. The van der Waals surface area contributed by atoms with Crippen LogP contribution in [0.5, 0.6) is 0 Å². The van der Waals surface area contributed by atoms with E-state index in [-0.39, 0.29) is 23.9 Å². The molecule has 25 heavy (non-hydrogen) atoms. The molecule has 4 N–H and O–H groups in total. The molecule has 0 aromatic heterocycles. The molecule has 0 bridgehead atoms. The molecule has 2 amide bonds. The summed E-state index contributed by atoms with van der Waals surface area (Å²) in [7, 11) is 0. The summed E-state index contributed by atoms with van der Waals surface area (Å²) in [6, 6.07) is 0. The Balaban J connectivity index is -0.000000372. The molecule has 0 saturated carbocycles. The molecule has 0 saturated heterocycles. The third kappa shape index (κ3) is 23.3. The van der Waals surface area contributed by atoms with E-state index in [9.17, 15) is 9.59 Å². The maximum absolute atomic E-state index is 10.2. The zero-order valence-electron chi connectivity index (χ0n) is 16.6. The number of amides is 2. The van der Waals surface area contributed by atoms with E-state index >= 15 is 0 Å². The third-order valence-electron chi connectivity index (χ3n) is 4.17. The quantitative estimate of drug-likeness (QED) is 0.326. The molecule has 6 nitrogen and oxygen atoms in total. The van der Waals surface area contributed by atoms with Crippen molar-refractivity contribution in [3.63, 3.8) is 0 Å². The second kappa shape index (κ2) is 21.4. The maximum atomic E-state index is 10.2. The van der Waals surface area contributed by atoms with Gasteiger partial charge in [-0.2, -0.15) is 0 Å². The number of carboxylic acid groups (broad SMARTS) is 2. The van der Waals surface area contributed by atoms with Crippen LogP contribution in [0.15, 0.2) is 0 Å². The fourth-order valence-corrected chi connectivity index (χ4v) is 2.35. The van der Waals surface area contributed by atoms with Crippen LogP contribution in [0.25, 0.3) is 0 Å². The normalized spacial score (nSPS) is 12.0. The molecule has 0 aliphatic rings. The second-order valence-electron chi connectivity index (χ2n) is 6.21. The van der Waals surface area contributed by atoms with Crippen molar-refractivity contribution in [2.24, 2.45) is 11.8 Å². The Morgan fingerprint density at radius 2 is 1.08 bits per heavy atom. The Morgan fingerprint density at radius 3 is 1.28 bits per heavy atom. The average Bonchev–Trinajstić information content (AvgIpc) is 2.55. The van der Waals surface area contributed by atoms with Gasteiger partial charge in [-0.3, -0.25) is 0 Å². The SMILES string of the molecule is CCCCC(CC)CNC(=O)O.CCCCC(CC)CNC(=O)O.[SnH2]. The van der Waals surface area contributed by atoms with Crippen LogP contribution >= 0.6 is 0 Å². The number of hydrogen-bond acceptors (Lipinski definition) is 2. The first-order chi connectivity index (χ1) is 11.4. The molecular weight excluding hydrogens is 427 g/mol. The van der Waals surface area contributed by atoms with Gasteiger partial charge in [0.15, 0.2) is 0 Å². The van der Waals surface area contributed by atoms with Crippen LogP contribution in [-0.2, 0) is 0 Å². The molecule has 0 rings (SSSR count). The first kappa shape index (κ1) is 29.1. The van der Waals surface area contributed by atoms with E-state index in [0.29, 0.717) is 24.9 Å². The van der Waals surface area contributed by atoms with Crippen molar-refractivity contribution in [2.45, 2.75) is 79.1 Å². The van der Waals surface area contributed by atoms with Gasteiger partial charge >= 0.3 is 36.1 Å². The Labute approximate surface area is 170 Å². The number of rotatable bonds is 12. The van der Waals surface area contributed by atoms with Gasteiger partial charge in [0.2, 0.25) is 0 Å². The van der Waals surface area contributed by atoms with Crippen LogP contribution in [0.2, 0.25) is 0 Å². The average molecular weight is 467 g/mol. The Hall–Kier alpha value is -0.661. The van der Waals surface area contributed by atoms with Gasteiger partial charge in [-0.1, -0.05) is 66.2 Å². The van der Waals surface area contributed by atoms with Crippen LogP contribution in [0, 0.1) is 11.8 Å². The van der Waals surface area contributed by atoms with E-state index in [4.69, 9.17) is 10.2 Å². The third-order valence-corrected chi connectivity index (χ3v) is 4.17. The van der Waals surface area contributed by atoms with Crippen LogP contribution in [0.4, 0.5) is 9.59 Å². The predicted molar refractivity (Wildman–Crippen MR) is 107 cm³/mol. The summed E-state index contributed by atoms with van der Waals surface area (Å²) in [5.74, 6) is 1.03. The van der Waals surface area contributed by atoms with E-state index in [1.54, 1.807) is 0 Å². The van der Waals surface area contributed by atoms with Crippen molar-refractivity contribution in [3.8, 4) is 0 Å². The monoisotopic (exact) mass is 468 g/mol. The zero-order valence-corrected chi connectivity index (χ0v) is 20.7. The molecule has 150 valence electrons. The molecule has 2 radical (unpaired) electrons. The fourth-order valence-electron chi connectivity index (χ4n) is 2.35. The molecule has 2 unspecified atom stereocenters. The molecule has 0 aliphatic heterocycles. The topological polar surface area (TPSA) is 98.7 Å². The van der Waals surface area contributed by atoms with Crippen molar-refractivity contribution in [1.82, 2.24) is 10.6 Å². The molecule has 7 heteroatoms. The number of nitrogens with one attached hydrogen (secondary N) is 2. The van der Waals surface area contributed by atoms with E-state index in [1.807, 2.05) is 0 Å². The van der Waals surface area contributed by atoms with Crippen LogP contribution in [0.1, 0.15) is 79.1 Å². The molecule has 0 spiro atoms. The molecular formula is C18H40N2O4Sn. The fraction of sp³-hybridized carbons (Fsp3) is 0.889. The molecule has 2 atom stereocenters. The van der Waals surface area contributed by atoms with Gasteiger partial charge in [-0.05, 0) is 24.7 Å². The van der Waals surface area contributed by atoms with Gasteiger partial charge in [0.05, 0.1) is 0 Å². The van der Waals surface area contributed by atoms with Crippen molar-refractivity contribution < 1.29 is 19.8 Å². The molecule has 0 aromatic rings. The zero-order chi connectivity index (χ0) is 18.8. The van der Waals surface area contributed by atoms with Gasteiger partial charge in [0.1, 0.15) is 0 Å². The van der Waals surface area contributed by atoms with Crippen molar-refractivity contribution in [2.75, 3.05) is 13.1 Å². The number of carbonyl (C=O) groups is 2. The van der Waals surface area contributed by atoms with E-state index in [1.165, 1.54) is 25.7 Å². The van der Waals surface area contributed by atoms with Crippen LogP contribution in [0.3, 0.4) is 0 Å². The summed E-state index contributed by atoms with van der Waals surface area (Å²) >= 11 is 0. The van der Waals surface area contributed by atoms with Gasteiger partial charge < -0.3 is 20.8 Å². The minimum absolute atomic E-state index is 0. The second-order valence-corrected chi connectivity index (χ2v) is 6.21. The number of unbranched alkanes of at least 4 members (excludes halogenated alkanes) is 2. The van der Waals surface area contributed by atoms with E-state index in [0.717, 1.165) is 25.7 Å². The van der Waals surface area contributed by atoms with Crippen molar-refractivity contribution >= 4 is 36.1 Å². The van der Waals surface area contributed by atoms with Gasteiger partial charge in [0.25, 0.3) is 0 Å². The summed E-state index contributed by atoms with van der Waals surface area (Å²) in [5.41, 5.74) is 0. The molecule has 0 fully saturated rings. The molecule has 0 heterocycles. The minimum atomic E-state index is -0.912. The van der Waals surface area contributed by atoms with Crippen LogP contribution < -0.4 is 10.6 Å². The summed E-state index contributed by atoms with van der Waals surface area (Å²) in [4.78, 5) is 20.4. The summed E-state index contributed by atoms with van der Waals surface area (Å²) < 4.78 is 0. The molecule has 0 aromatic carbocycles. The van der Waals surface area contributed by atoms with Crippen LogP contribution in [-0.4, -0.2) is 59.4 Å². The summed E-state index contributed by atoms with van der Waals surface area (Å²) in [6.07, 6.45) is 7.31. The summed E-state index contributed by atoms with van der Waals surface area (Å²) in [6.45, 7) is 9.71. The Morgan fingerprint density at radius 1 is 0.760 bits per heavy atom. The van der Waals surface area contributed by atoms with Gasteiger partial charge in [-0.15, -0.1) is 0 Å². The van der Waals surface area contributed by atoms with E-state index < -0.39 is 12.2 Å². The first-order valence-corrected chi connectivity index (χ1v) is 9.34. The van der Waals surface area contributed by atoms with Gasteiger partial charge in [0, 0.05) is 13.1 Å². The van der Waals surface area contributed by atoms with Gasteiger partial charge in [-0.25, -0.2) is 9.59 Å². The van der Waals surface area contributed by atoms with Crippen molar-refractivity contribution in [1.29, 1.82) is 0 Å². The Kier molecular flexibility index (Phi) is 24.9. The summed E-state index contributed by atoms with van der Waals surface area (Å²) in [5, 5.41) is 21.6. The number of hydrogen-bond donors (Lipinski definition) is 4. The predicted octanol–water partition coefficient (Wildman–Crippen LogP) is 4.02.